The second-order valence-corrected chi connectivity index (χ2v) is 6.26. The van der Waals surface area contributed by atoms with Crippen molar-refractivity contribution in [2.24, 2.45) is 5.92 Å². The lowest BCUT2D eigenvalue weighted by Gasteiger charge is -2.38. The number of carbonyl (C=O) groups excluding carboxylic acids is 1. The summed E-state index contributed by atoms with van der Waals surface area (Å²) in [6, 6.07) is -0.271. The SMILES string of the molecule is CCC1CCC(NC(=O)N2CCC(OC)C2)(C(=O)O)CC1. The van der Waals surface area contributed by atoms with Gasteiger partial charge >= 0.3 is 12.0 Å². The molecule has 2 amide bonds. The fraction of sp³-hybridized carbons (Fsp3) is 0.867. The minimum atomic E-state index is -1.09. The molecule has 2 fully saturated rings. The third-order valence-corrected chi connectivity index (χ3v) is 5.06. The number of nitrogens with zero attached hydrogens (tertiary/aromatic N) is 1. The van der Waals surface area contributed by atoms with Crippen molar-refractivity contribution in [1.82, 2.24) is 10.2 Å². The van der Waals surface area contributed by atoms with Crippen LogP contribution in [0.15, 0.2) is 0 Å². The Morgan fingerprint density at radius 2 is 2.00 bits per heavy atom. The number of carboxylic acids is 1. The van der Waals surface area contributed by atoms with E-state index in [1.807, 2.05) is 0 Å². The zero-order chi connectivity index (χ0) is 15.5. The van der Waals surface area contributed by atoms with Crippen molar-refractivity contribution in [2.75, 3.05) is 20.2 Å². The summed E-state index contributed by atoms with van der Waals surface area (Å²) in [5.74, 6) is -0.327. The molecule has 0 aromatic carbocycles. The smallest absolute Gasteiger partial charge is 0.329 e. The van der Waals surface area contributed by atoms with Gasteiger partial charge in [-0.3, -0.25) is 0 Å². The largest absolute Gasteiger partial charge is 0.480 e. The molecule has 1 atom stereocenters. The first-order valence-corrected chi connectivity index (χ1v) is 7.84. The maximum absolute atomic E-state index is 12.3. The number of likely N-dealkylation sites (tertiary alicyclic amines) is 1. The van der Waals surface area contributed by atoms with Gasteiger partial charge in [-0.25, -0.2) is 9.59 Å². The Morgan fingerprint density at radius 3 is 2.48 bits per heavy atom. The molecule has 1 heterocycles. The lowest BCUT2D eigenvalue weighted by atomic mass is 9.75. The highest BCUT2D eigenvalue weighted by atomic mass is 16.5. The Hall–Kier alpha value is -1.30. The van der Waals surface area contributed by atoms with E-state index in [0.717, 1.165) is 25.7 Å². The van der Waals surface area contributed by atoms with E-state index in [1.54, 1.807) is 12.0 Å². The summed E-state index contributed by atoms with van der Waals surface area (Å²) in [4.78, 5) is 25.7. The lowest BCUT2D eigenvalue weighted by Crippen LogP contribution is -2.59. The van der Waals surface area contributed by atoms with Crippen molar-refractivity contribution in [3.63, 3.8) is 0 Å². The minimum absolute atomic E-state index is 0.0624. The van der Waals surface area contributed by atoms with Crippen LogP contribution in [-0.4, -0.2) is 53.8 Å². The van der Waals surface area contributed by atoms with Gasteiger partial charge in [0.2, 0.25) is 0 Å². The molecule has 120 valence electrons. The predicted octanol–water partition coefficient (Wildman–Crippen LogP) is 1.84. The van der Waals surface area contributed by atoms with Crippen LogP contribution in [0.25, 0.3) is 0 Å². The van der Waals surface area contributed by atoms with E-state index in [1.165, 1.54) is 0 Å². The normalized spacial score (nSPS) is 33.0. The molecule has 1 unspecified atom stereocenters. The van der Waals surface area contributed by atoms with E-state index >= 15 is 0 Å². The van der Waals surface area contributed by atoms with E-state index in [4.69, 9.17) is 4.74 Å². The van der Waals surface area contributed by atoms with Crippen LogP contribution in [0.2, 0.25) is 0 Å². The van der Waals surface area contributed by atoms with E-state index in [0.29, 0.717) is 31.8 Å². The second-order valence-electron chi connectivity index (χ2n) is 6.26. The molecule has 1 saturated heterocycles. The Labute approximate surface area is 125 Å². The van der Waals surface area contributed by atoms with Gasteiger partial charge in [0.1, 0.15) is 5.54 Å². The summed E-state index contributed by atoms with van der Waals surface area (Å²) in [7, 11) is 1.64. The summed E-state index contributed by atoms with van der Waals surface area (Å²) in [6.07, 6.45) is 4.72. The summed E-state index contributed by atoms with van der Waals surface area (Å²) in [5, 5.41) is 12.4. The molecule has 2 N–H and O–H groups in total. The number of methoxy groups -OCH3 is 1. The molecule has 0 bridgehead atoms. The van der Waals surface area contributed by atoms with Gasteiger partial charge in [0.25, 0.3) is 0 Å². The molecule has 1 aliphatic carbocycles. The maximum Gasteiger partial charge on any atom is 0.329 e. The lowest BCUT2D eigenvalue weighted by molar-refractivity contribution is -0.146. The van der Waals surface area contributed by atoms with Crippen LogP contribution < -0.4 is 5.32 Å². The van der Waals surface area contributed by atoms with Crippen LogP contribution in [0.3, 0.4) is 0 Å². The molecule has 21 heavy (non-hydrogen) atoms. The van der Waals surface area contributed by atoms with Crippen LogP contribution in [-0.2, 0) is 9.53 Å². The molecule has 0 aromatic rings. The highest BCUT2D eigenvalue weighted by molar-refractivity contribution is 5.86. The van der Waals surface area contributed by atoms with Gasteiger partial charge in [-0.2, -0.15) is 0 Å². The summed E-state index contributed by atoms with van der Waals surface area (Å²) in [6.45, 7) is 3.29. The van der Waals surface area contributed by atoms with Crippen molar-refractivity contribution in [1.29, 1.82) is 0 Å². The molecular formula is C15H26N2O4. The van der Waals surface area contributed by atoms with Gasteiger partial charge in [0.15, 0.2) is 0 Å². The first kappa shape index (κ1) is 16.1. The highest BCUT2D eigenvalue weighted by Crippen LogP contribution is 2.34. The molecule has 0 aromatic heterocycles. The third kappa shape index (κ3) is 3.48. The Bertz CT molecular complexity index is 391. The summed E-state index contributed by atoms with van der Waals surface area (Å²) < 4.78 is 5.24. The van der Waals surface area contributed by atoms with E-state index in [-0.39, 0.29) is 12.1 Å². The monoisotopic (exact) mass is 298 g/mol. The Morgan fingerprint density at radius 1 is 1.33 bits per heavy atom. The van der Waals surface area contributed by atoms with Crippen LogP contribution in [0.1, 0.15) is 45.4 Å². The molecule has 0 radical (unpaired) electrons. The number of nitrogens with one attached hydrogen (secondary N) is 1. The summed E-state index contributed by atoms with van der Waals surface area (Å²) >= 11 is 0. The molecule has 1 saturated carbocycles. The van der Waals surface area contributed by atoms with Crippen LogP contribution >= 0.6 is 0 Å². The fourth-order valence-corrected chi connectivity index (χ4v) is 3.36. The van der Waals surface area contributed by atoms with Gasteiger partial charge in [-0.15, -0.1) is 0 Å². The van der Waals surface area contributed by atoms with Crippen molar-refractivity contribution < 1.29 is 19.4 Å². The van der Waals surface area contributed by atoms with Gasteiger partial charge in [0, 0.05) is 20.2 Å². The van der Waals surface area contributed by atoms with Gasteiger partial charge < -0.3 is 20.1 Å². The van der Waals surface area contributed by atoms with Crippen molar-refractivity contribution >= 4 is 12.0 Å². The van der Waals surface area contributed by atoms with E-state index in [2.05, 4.69) is 12.2 Å². The van der Waals surface area contributed by atoms with E-state index < -0.39 is 11.5 Å². The average molecular weight is 298 g/mol. The number of hydrogen-bond donors (Lipinski definition) is 2. The first-order valence-electron chi connectivity index (χ1n) is 7.84. The number of rotatable bonds is 4. The topological polar surface area (TPSA) is 78.9 Å². The van der Waals surface area contributed by atoms with Gasteiger partial charge in [0.05, 0.1) is 6.10 Å². The van der Waals surface area contributed by atoms with Gasteiger partial charge in [-0.05, 0) is 38.0 Å². The van der Waals surface area contributed by atoms with Crippen LogP contribution in [0.5, 0.6) is 0 Å². The van der Waals surface area contributed by atoms with Crippen LogP contribution in [0, 0.1) is 5.92 Å². The van der Waals surface area contributed by atoms with Crippen molar-refractivity contribution in [2.45, 2.75) is 57.1 Å². The van der Waals surface area contributed by atoms with Crippen molar-refractivity contribution in [3.05, 3.63) is 0 Å². The Kier molecular flexibility index (Phi) is 5.08. The molecular weight excluding hydrogens is 272 g/mol. The molecule has 6 heteroatoms. The molecule has 0 spiro atoms. The zero-order valence-corrected chi connectivity index (χ0v) is 12.9. The number of aliphatic carboxylic acids is 1. The average Bonchev–Trinajstić information content (AvgIpc) is 2.97. The number of amides is 2. The quantitative estimate of drug-likeness (QED) is 0.830. The summed E-state index contributed by atoms with van der Waals surface area (Å²) in [5.41, 5.74) is -1.09. The zero-order valence-electron chi connectivity index (χ0n) is 12.9. The predicted molar refractivity (Wildman–Crippen MR) is 78.1 cm³/mol. The number of hydrogen-bond acceptors (Lipinski definition) is 3. The maximum atomic E-state index is 12.3. The van der Waals surface area contributed by atoms with Crippen molar-refractivity contribution in [3.8, 4) is 0 Å². The molecule has 2 aliphatic rings. The number of carboxylic acid groups (broad SMARTS) is 1. The standard InChI is InChI=1S/C15H26N2O4/c1-3-11-4-7-15(8-5-11,13(18)19)16-14(20)17-9-6-12(10-17)21-2/h11-12H,3-10H2,1-2H3,(H,16,20)(H,18,19). The Balaban J connectivity index is 1.97. The van der Waals surface area contributed by atoms with Crippen LogP contribution in [0.4, 0.5) is 4.79 Å². The number of carbonyl (C=O) groups is 2. The molecule has 2 rings (SSSR count). The molecule has 1 aliphatic heterocycles. The third-order valence-electron chi connectivity index (χ3n) is 5.06. The second kappa shape index (κ2) is 6.64. The molecule has 6 nitrogen and oxygen atoms in total. The van der Waals surface area contributed by atoms with Gasteiger partial charge in [-0.1, -0.05) is 13.3 Å². The number of urea groups is 1. The highest BCUT2D eigenvalue weighted by Gasteiger charge is 2.44. The number of ether oxygens (including phenoxy) is 1. The van der Waals surface area contributed by atoms with E-state index in [9.17, 15) is 14.7 Å². The fourth-order valence-electron chi connectivity index (χ4n) is 3.36. The first-order chi connectivity index (χ1) is 10.0. The minimum Gasteiger partial charge on any atom is -0.480 e.